The predicted molar refractivity (Wildman–Crippen MR) is 31.2 cm³/mol. The fourth-order valence-corrected chi connectivity index (χ4v) is 0. The van der Waals surface area contributed by atoms with E-state index in [2.05, 4.69) is 15.9 Å². The third-order valence-corrected chi connectivity index (χ3v) is 0.439. The van der Waals surface area contributed by atoms with Crippen LogP contribution in [0.1, 0.15) is 0 Å². The zero-order valence-corrected chi connectivity index (χ0v) is 5.95. The summed E-state index contributed by atoms with van der Waals surface area (Å²) in [5.41, 5.74) is 0. The standard InChI is InChI=1S/C2H5BrO.BrH/c3-1-2-4;/h4H,1-2H2;1H. The third-order valence-electron chi connectivity index (χ3n) is 0.0845. The molecule has 0 unspecified atom stereocenters. The lowest BCUT2D eigenvalue weighted by atomic mass is 10.9. The summed E-state index contributed by atoms with van der Waals surface area (Å²) in [6, 6.07) is 0. The molecule has 0 aromatic heterocycles. The lowest BCUT2D eigenvalue weighted by molar-refractivity contribution is 0.324. The van der Waals surface area contributed by atoms with E-state index in [0.717, 1.165) is 0 Å². The molecule has 0 bridgehead atoms. The van der Waals surface area contributed by atoms with E-state index in [4.69, 9.17) is 5.11 Å². The van der Waals surface area contributed by atoms with Crippen LogP contribution in [-0.4, -0.2) is 17.0 Å². The van der Waals surface area contributed by atoms with Crippen LogP contribution < -0.4 is 0 Å². The van der Waals surface area contributed by atoms with Gasteiger partial charge in [0.1, 0.15) is 0 Å². The van der Waals surface area contributed by atoms with Crippen molar-refractivity contribution in [2.24, 2.45) is 0 Å². The Balaban J connectivity index is 0. The van der Waals surface area contributed by atoms with Gasteiger partial charge in [0.2, 0.25) is 0 Å². The van der Waals surface area contributed by atoms with Crippen molar-refractivity contribution in [1.29, 1.82) is 0 Å². The van der Waals surface area contributed by atoms with Gasteiger partial charge in [0.25, 0.3) is 0 Å². The van der Waals surface area contributed by atoms with E-state index in [9.17, 15) is 0 Å². The quantitative estimate of drug-likeness (QED) is 0.633. The molecule has 0 atom stereocenters. The summed E-state index contributed by atoms with van der Waals surface area (Å²) in [5.74, 6) is 0. The second-order valence-corrected chi connectivity index (χ2v) is 1.21. The van der Waals surface area contributed by atoms with Gasteiger partial charge in [0.15, 0.2) is 0 Å². The molecule has 0 aliphatic rings. The molecule has 0 amide bonds. The van der Waals surface area contributed by atoms with Crippen molar-refractivity contribution in [3.63, 3.8) is 0 Å². The second-order valence-electron chi connectivity index (χ2n) is 0.413. The van der Waals surface area contributed by atoms with E-state index in [1.165, 1.54) is 0 Å². The third kappa shape index (κ3) is 11.4. The summed E-state index contributed by atoms with van der Waals surface area (Å²) in [7, 11) is 0. The van der Waals surface area contributed by atoms with Gasteiger partial charge in [-0.1, -0.05) is 15.9 Å². The predicted octanol–water partition coefficient (Wildman–Crippen LogP) is 0.952. The Morgan fingerprint density at radius 3 is 1.80 bits per heavy atom. The van der Waals surface area contributed by atoms with Crippen molar-refractivity contribution in [2.75, 3.05) is 11.9 Å². The van der Waals surface area contributed by atoms with Crippen molar-refractivity contribution < 1.29 is 5.11 Å². The minimum atomic E-state index is 0. The smallest absolute Gasteiger partial charge is 0.0528 e. The molecule has 0 fully saturated rings. The number of halogens is 2. The summed E-state index contributed by atoms with van der Waals surface area (Å²) < 4.78 is 0. The molecular formula is C2H6Br2O. The average Bonchev–Trinajstić information content (AvgIpc) is 1.37. The SMILES string of the molecule is Br.OCCBr. The van der Waals surface area contributed by atoms with Gasteiger partial charge in [-0.15, -0.1) is 17.0 Å². The van der Waals surface area contributed by atoms with Gasteiger partial charge in [-0.05, 0) is 0 Å². The Hall–Kier alpha value is 0.920. The van der Waals surface area contributed by atoms with Crippen LogP contribution in [0.4, 0.5) is 0 Å². The van der Waals surface area contributed by atoms with Crippen molar-refractivity contribution in [3.8, 4) is 0 Å². The van der Waals surface area contributed by atoms with Crippen LogP contribution in [0.3, 0.4) is 0 Å². The number of aliphatic hydroxyl groups is 1. The van der Waals surface area contributed by atoms with Crippen LogP contribution in [-0.2, 0) is 0 Å². The second kappa shape index (κ2) is 8.87. The van der Waals surface area contributed by atoms with Crippen molar-refractivity contribution in [2.45, 2.75) is 0 Å². The summed E-state index contributed by atoms with van der Waals surface area (Å²) in [6.07, 6.45) is 0. The highest BCUT2D eigenvalue weighted by Crippen LogP contribution is 1.69. The Kier molecular flexibility index (Phi) is 16.5. The first-order valence-electron chi connectivity index (χ1n) is 1.08. The monoisotopic (exact) mass is 204 g/mol. The first kappa shape index (κ1) is 9.33. The van der Waals surface area contributed by atoms with Crippen LogP contribution in [0.2, 0.25) is 0 Å². The molecule has 5 heavy (non-hydrogen) atoms. The Labute approximate surface area is 50.3 Å². The molecule has 0 saturated heterocycles. The first-order valence-corrected chi connectivity index (χ1v) is 2.20. The van der Waals surface area contributed by atoms with E-state index >= 15 is 0 Å². The number of rotatable bonds is 1. The summed E-state index contributed by atoms with van der Waals surface area (Å²) >= 11 is 3.00. The van der Waals surface area contributed by atoms with E-state index in [1.54, 1.807) is 0 Å². The van der Waals surface area contributed by atoms with Gasteiger partial charge < -0.3 is 5.11 Å². The number of alkyl halides is 1. The first-order chi connectivity index (χ1) is 1.91. The lowest BCUT2D eigenvalue weighted by Crippen LogP contribution is -1.75. The maximum Gasteiger partial charge on any atom is 0.0528 e. The topological polar surface area (TPSA) is 20.2 Å². The van der Waals surface area contributed by atoms with Gasteiger partial charge in [0, 0.05) is 5.33 Å². The Bertz CT molecular complexity index is 9.61. The van der Waals surface area contributed by atoms with E-state index in [-0.39, 0.29) is 23.6 Å². The molecule has 0 aromatic carbocycles. The van der Waals surface area contributed by atoms with E-state index in [1.807, 2.05) is 0 Å². The maximum atomic E-state index is 7.83. The molecule has 0 aliphatic heterocycles. The maximum absolute atomic E-state index is 7.83. The number of hydrogen-bond donors (Lipinski definition) is 1. The highest BCUT2D eigenvalue weighted by atomic mass is 79.9. The zero-order chi connectivity index (χ0) is 3.41. The largest absolute Gasteiger partial charge is 0.396 e. The Morgan fingerprint density at radius 1 is 1.60 bits per heavy atom. The van der Waals surface area contributed by atoms with Gasteiger partial charge in [-0.2, -0.15) is 0 Å². The summed E-state index contributed by atoms with van der Waals surface area (Å²) in [5, 5.41) is 8.52. The van der Waals surface area contributed by atoms with Gasteiger partial charge in [-0.25, -0.2) is 0 Å². The summed E-state index contributed by atoms with van der Waals surface area (Å²) in [6.45, 7) is 0.236. The highest BCUT2D eigenvalue weighted by molar-refractivity contribution is 9.09. The minimum absolute atomic E-state index is 0. The van der Waals surface area contributed by atoms with Gasteiger partial charge >= 0.3 is 0 Å². The number of aliphatic hydroxyl groups excluding tert-OH is 1. The van der Waals surface area contributed by atoms with Crippen LogP contribution in [0.5, 0.6) is 0 Å². The van der Waals surface area contributed by atoms with Crippen molar-refractivity contribution in [1.82, 2.24) is 0 Å². The lowest BCUT2D eigenvalue weighted by Gasteiger charge is -1.67. The Morgan fingerprint density at radius 2 is 1.80 bits per heavy atom. The molecule has 0 aliphatic carbocycles. The van der Waals surface area contributed by atoms with Crippen LogP contribution in [0, 0.1) is 0 Å². The van der Waals surface area contributed by atoms with E-state index < -0.39 is 0 Å². The molecule has 0 heterocycles. The fourth-order valence-electron chi connectivity index (χ4n) is 0. The zero-order valence-electron chi connectivity index (χ0n) is 2.65. The highest BCUT2D eigenvalue weighted by Gasteiger charge is 1.59. The molecule has 0 spiro atoms. The van der Waals surface area contributed by atoms with E-state index in [0.29, 0.717) is 5.33 Å². The van der Waals surface area contributed by atoms with Crippen molar-refractivity contribution >= 4 is 32.9 Å². The molecule has 1 nitrogen and oxygen atoms in total. The molecule has 34 valence electrons. The molecular weight excluding hydrogens is 200 g/mol. The number of hydrogen-bond acceptors (Lipinski definition) is 1. The van der Waals surface area contributed by atoms with Gasteiger partial charge in [-0.3, -0.25) is 0 Å². The van der Waals surface area contributed by atoms with Crippen LogP contribution in [0.25, 0.3) is 0 Å². The molecule has 0 rings (SSSR count). The van der Waals surface area contributed by atoms with Crippen molar-refractivity contribution in [3.05, 3.63) is 0 Å². The minimum Gasteiger partial charge on any atom is -0.396 e. The molecule has 3 heteroatoms. The average molecular weight is 206 g/mol. The molecule has 1 N–H and O–H groups in total. The molecule has 0 radical (unpaired) electrons. The molecule has 0 aromatic rings. The van der Waals surface area contributed by atoms with Gasteiger partial charge in [0.05, 0.1) is 6.61 Å². The fraction of sp³-hybridized carbons (Fsp3) is 1.00. The van der Waals surface area contributed by atoms with Crippen LogP contribution in [0.15, 0.2) is 0 Å². The molecule has 0 saturated carbocycles. The normalized spacial score (nSPS) is 6.00. The summed E-state index contributed by atoms with van der Waals surface area (Å²) in [4.78, 5) is 0. The van der Waals surface area contributed by atoms with Crippen LogP contribution >= 0.6 is 32.9 Å².